The quantitative estimate of drug-likeness (QED) is 0.814. The van der Waals surface area contributed by atoms with Gasteiger partial charge in [0.05, 0.1) is 11.8 Å². The van der Waals surface area contributed by atoms with Gasteiger partial charge in [0.1, 0.15) is 11.6 Å². The molecule has 0 aromatic heterocycles. The van der Waals surface area contributed by atoms with Gasteiger partial charge in [0.15, 0.2) is 0 Å². The fraction of sp³-hybridized carbons (Fsp3) is 0.455. The van der Waals surface area contributed by atoms with Gasteiger partial charge in [0.2, 0.25) is 0 Å². The molecular formula is C11H13F2NOS. The smallest absolute Gasteiger partial charge is 0.150 e. The van der Waals surface area contributed by atoms with Gasteiger partial charge in [-0.2, -0.15) is 0 Å². The molecule has 0 bridgehead atoms. The van der Waals surface area contributed by atoms with Crippen LogP contribution in [0, 0.1) is 11.6 Å². The second-order valence-electron chi connectivity index (χ2n) is 3.82. The third-order valence-corrected chi connectivity index (χ3v) is 4.15. The second-order valence-corrected chi connectivity index (χ2v) is 5.10. The number of hydrogen-bond donors (Lipinski definition) is 1. The summed E-state index contributed by atoms with van der Waals surface area (Å²) < 4.78 is 31.6. The molecular weight excluding hydrogens is 232 g/mol. The zero-order chi connectivity index (χ0) is 11.7. The van der Waals surface area contributed by atoms with Crippen LogP contribution in [-0.4, -0.2) is 18.0 Å². The first-order valence-electron chi connectivity index (χ1n) is 5.10. The number of halogens is 2. The first kappa shape index (κ1) is 11.7. The van der Waals surface area contributed by atoms with Crippen molar-refractivity contribution in [3.05, 3.63) is 23.8 Å². The van der Waals surface area contributed by atoms with Gasteiger partial charge < -0.3 is 10.5 Å². The summed E-state index contributed by atoms with van der Waals surface area (Å²) in [5.74, 6) is -1.30. The lowest BCUT2D eigenvalue weighted by molar-refractivity contribution is 0.127. The van der Waals surface area contributed by atoms with E-state index in [0.29, 0.717) is 11.5 Å². The number of hydrogen-bond acceptors (Lipinski definition) is 3. The van der Waals surface area contributed by atoms with Crippen molar-refractivity contribution in [2.24, 2.45) is 0 Å². The monoisotopic (exact) mass is 245 g/mol. The minimum absolute atomic E-state index is 0.0190. The molecule has 1 heterocycles. The minimum Gasteiger partial charge on any atom is -0.395 e. The third kappa shape index (κ3) is 2.30. The molecule has 5 heteroatoms. The summed E-state index contributed by atoms with van der Waals surface area (Å²) in [5, 5.41) is 0.212. The van der Waals surface area contributed by atoms with Crippen molar-refractivity contribution in [3.63, 3.8) is 0 Å². The normalized spacial score (nSPS) is 24.9. The molecule has 0 spiro atoms. The molecule has 2 atom stereocenters. The zero-order valence-electron chi connectivity index (χ0n) is 8.87. The molecule has 1 aliphatic rings. The molecule has 0 saturated carbocycles. The largest absolute Gasteiger partial charge is 0.395 e. The molecule has 1 fully saturated rings. The van der Waals surface area contributed by atoms with Gasteiger partial charge in [0.25, 0.3) is 0 Å². The lowest BCUT2D eigenvalue weighted by Gasteiger charge is -2.15. The van der Waals surface area contributed by atoms with E-state index in [1.807, 2.05) is 6.92 Å². The number of benzene rings is 1. The summed E-state index contributed by atoms with van der Waals surface area (Å²) in [5.41, 5.74) is 5.59. The summed E-state index contributed by atoms with van der Waals surface area (Å²) in [6.45, 7) is 2.65. The van der Waals surface area contributed by atoms with Gasteiger partial charge in [-0.25, -0.2) is 8.78 Å². The maximum absolute atomic E-state index is 13.2. The molecule has 1 saturated heterocycles. The highest BCUT2D eigenvalue weighted by Gasteiger charge is 2.26. The molecule has 2 N–H and O–H groups in total. The van der Waals surface area contributed by atoms with Crippen molar-refractivity contribution in [1.29, 1.82) is 0 Å². The Morgan fingerprint density at radius 2 is 2.19 bits per heavy atom. The van der Waals surface area contributed by atoms with Crippen LogP contribution in [0.15, 0.2) is 17.0 Å². The first-order valence-corrected chi connectivity index (χ1v) is 5.98. The number of rotatable bonds is 2. The molecule has 2 rings (SSSR count). The van der Waals surface area contributed by atoms with Gasteiger partial charge in [-0.15, -0.1) is 11.8 Å². The molecule has 1 aromatic rings. The molecule has 1 aliphatic heterocycles. The Labute approximate surface area is 97.2 Å². The fourth-order valence-corrected chi connectivity index (χ4v) is 2.90. The molecule has 0 aliphatic carbocycles. The van der Waals surface area contributed by atoms with Crippen molar-refractivity contribution in [2.45, 2.75) is 29.6 Å². The molecule has 16 heavy (non-hydrogen) atoms. The Hall–Kier alpha value is -0.810. The van der Waals surface area contributed by atoms with Crippen LogP contribution in [-0.2, 0) is 4.74 Å². The van der Waals surface area contributed by atoms with Gasteiger partial charge >= 0.3 is 0 Å². The summed E-state index contributed by atoms with van der Waals surface area (Å²) in [6, 6.07) is 2.07. The van der Waals surface area contributed by atoms with Crippen LogP contribution in [0.4, 0.5) is 14.5 Å². The van der Waals surface area contributed by atoms with Crippen LogP contribution >= 0.6 is 11.8 Å². The number of ether oxygens (including phenoxy) is 1. The maximum atomic E-state index is 13.2. The van der Waals surface area contributed by atoms with Gasteiger partial charge in [-0.05, 0) is 19.4 Å². The topological polar surface area (TPSA) is 35.2 Å². The lowest BCUT2D eigenvalue weighted by atomic mass is 10.2. The van der Waals surface area contributed by atoms with Gasteiger partial charge in [0, 0.05) is 22.8 Å². The average molecular weight is 245 g/mol. The molecule has 0 radical (unpaired) electrons. The van der Waals surface area contributed by atoms with Crippen LogP contribution in [0.25, 0.3) is 0 Å². The Kier molecular flexibility index (Phi) is 3.35. The molecule has 2 unspecified atom stereocenters. The molecule has 2 nitrogen and oxygen atoms in total. The summed E-state index contributed by atoms with van der Waals surface area (Å²) in [7, 11) is 0. The SMILES string of the molecule is CC1OCCC1Sc1cc(F)cc(F)c1N. The Morgan fingerprint density at radius 1 is 1.44 bits per heavy atom. The van der Waals surface area contributed by atoms with E-state index >= 15 is 0 Å². The van der Waals surface area contributed by atoms with E-state index in [1.165, 1.54) is 17.8 Å². The van der Waals surface area contributed by atoms with Crippen molar-refractivity contribution in [2.75, 3.05) is 12.3 Å². The van der Waals surface area contributed by atoms with Crippen molar-refractivity contribution < 1.29 is 13.5 Å². The van der Waals surface area contributed by atoms with Crippen molar-refractivity contribution in [1.82, 2.24) is 0 Å². The number of anilines is 1. The van der Waals surface area contributed by atoms with E-state index in [-0.39, 0.29) is 17.0 Å². The standard InChI is InChI=1S/C11H13F2NOS/c1-6-9(2-3-15-6)16-10-5-7(12)4-8(13)11(10)14/h4-6,9H,2-3,14H2,1H3. The number of thioether (sulfide) groups is 1. The van der Waals surface area contributed by atoms with Crippen LogP contribution in [0.1, 0.15) is 13.3 Å². The van der Waals surface area contributed by atoms with E-state index < -0.39 is 11.6 Å². The first-order chi connectivity index (χ1) is 7.58. The number of nitrogen functional groups attached to an aromatic ring is 1. The van der Waals surface area contributed by atoms with E-state index in [0.717, 1.165) is 12.5 Å². The van der Waals surface area contributed by atoms with Crippen LogP contribution < -0.4 is 5.73 Å². The maximum Gasteiger partial charge on any atom is 0.150 e. The summed E-state index contributed by atoms with van der Waals surface area (Å²) >= 11 is 1.38. The Morgan fingerprint density at radius 3 is 2.81 bits per heavy atom. The zero-order valence-corrected chi connectivity index (χ0v) is 9.69. The van der Waals surface area contributed by atoms with Crippen LogP contribution in [0.5, 0.6) is 0 Å². The van der Waals surface area contributed by atoms with Crippen LogP contribution in [0.3, 0.4) is 0 Å². The lowest BCUT2D eigenvalue weighted by Crippen LogP contribution is -2.13. The predicted octanol–water partition coefficient (Wildman–Crippen LogP) is 2.82. The summed E-state index contributed by atoms with van der Waals surface area (Å²) in [6.07, 6.45) is 0.972. The number of nitrogens with two attached hydrogens (primary N) is 1. The van der Waals surface area contributed by atoms with E-state index in [9.17, 15) is 8.78 Å². The highest BCUT2D eigenvalue weighted by molar-refractivity contribution is 8.00. The fourth-order valence-electron chi connectivity index (χ4n) is 1.69. The van der Waals surface area contributed by atoms with E-state index in [1.54, 1.807) is 0 Å². The van der Waals surface area contributed by atoms with Gasteiger partial charge in [-0.1, -0.05) is 0 Å². The van der Waals surface area contributed by atoms with Crippen molar-refractivity contribution in [3.8, 4) is 0 Å². The average Bonchev–Trinajstić information content (AvgIpc) is 2.60. The highest BCUT2D eigenvalue weighted by Crippen LogP contribution is 2.36. The Bertz CT molecular complexity index is 400. The predicted molar refractivity (Wildman–Crippen MR) is 60.4 cm³/mol. The van der Waals surface area contributed by atoms with E-state index in [2.05, 4.69) is 0 Å². The highest BCUT2D eigenvalue weighted by atomic mass is 32.2. The molecule has 0 amide bonds. The summed E-state index contributed by atoms with van der Waals surface area (Å²) in [4.78, 5) is 0.458. The molecule has 88 valence electrons. The van der Waals surface area contributed by atoms with E-state index in [4.69, 9.17) is 10.5 Å². The van der Waals surface area contributed by atoms with Gasteiger partial charge in [-0.3, -0.25) is 0 Å². The third-order valence-electron chi connectivity index (χ3n) is 2.64. The Balaban J connectivity index is 2.20. The second kappa shape index (κ2) is 4.59. The van der Waals surface area contributed by atoms with Crippen molar-refractivity contribution >= 4 is 17.4 Å². The minimum atomic E-state index is -0.700. The molecule has 1 aromatic carbocycles. The van der Waals surface area contributed by atoms with Crippen LogP contribution in [0.2, 0.25) is 0 Å².